The van der Waals surface area contributed by atoms with Crippen LogP contribution in [0.3, 0.4) is 0 Å². The zero-order valence-electron chi connectivity index (χ0n) is 17.4. The van der Waals surface area contributed by atoms with Crippen molar-refractivity contribution in [2.45, 2.75) is 37.5 Å². The molecular weight excluding hydrogens is 472 g/mol. The highest BCUT2D eigenvalue weighted by molar-refractivity contribution is 7.20. The second kappa shape index (κ2) is 8.97. The summed E-state index contributed by atoms with van der Waals surface area (Å²) in [5.41, 5.74) is 1.61. The standard InChI is InChI=1S/C20H21ClN6O5S/c1-9(7-31-20-24-10-4-2-3-5-12(10)33-20)23-16-13-17(26-19(21)25-16)27(8-22-13)18-15(30)14(29)11(6-28)32-18/h2-5,8-9,11,14-15,18,28-30H,6-7H2,1H3,(H,23,25,26)/t9?,11-,14?,15?,18-/m1/s1. The summed E-state index contributed by atoms with van der Waals surface area (Å²) in [7, 11) is 0. The van der Waals surface area contributed by atoms with Gasteiger partial charge in [0.25, 0.3) is 5.19 Å². The van der Waals surface area contributed by atoms with Crippen molar-refractivity contribution >= 4 is 50.1 Å². The first-order valence-corrected chi connectivity index (χ1v) is 11.4. The second-order valence-electron chi connectivity index (χ2n) is 7.70. The minimum atomic E-state index is -1.27. The average molecular weight is 493 g/mol. The highest BCUT2D eigenvalue weighted by atomic mass is 35.5. The van der Waals surface area contributed by atoms with Crippen LogP contribution in [0, 0.1) is 0 Å². The highest BCUT2D eigenvalue weighted by Gasteiger charge is 2.44. The molecule has 0 radical (unpaired) electrons. The molecule has 4 heterocycles. The van der Waals surface area contributed by atoms with Crippen LogP contribution < -0.4 is 10.1 Å². The summed E-state index contributed by atoms with van der Waals surface area (Å²) in [5, 5.41) is 33.5. The molecule has 174 valence electrons. The molecule has 0 aliphatic carbocycles. The van der Waals surface area contributed by atoms with E-state index in [0.29, 0.717) is 28.8 Å². The van der Waals surface area contributed by atoms with Gasteiger partial charge in [-0.1, -0.05) is 23.5 Å². The molecule has 33 heavy (non-hydrogen) atoms. The molecule has 3 aromatic heterocycles. The number of aromatic nitrogens is 5. The van der Waals surface area contributed by atoms with Gasteiger partial charge in [-0.2, -0.15) is 9.97 Å². The molecule has 0 saturated carbocycles. The number of thiazole rings is 1. The van der Waals surface area contributed by atoms with Crippen LogP contribution in [0.25, 0.3) is 21.4 Å². The fourth-order valence-corrected chi connectivity index (χ4v) is 4.66. The van der Waals surface area contributed by atoms with Crippen LogP contribution in [0.4, 0.5) is 5.82 Å². The van der Waals surface area contributed by atoms with Crippen LogP contribution in [0.15, 0.2) is 30.6 Å². The molecular formula is C20H21ClN6O5S. The van der Waals surface area contributed by atoms with E-state index in [2.05, 4.69) is 25.3 Å². The number of aliphatic hydroxyl groups is 3. The lowest BCUT2D eigenvalue weighted by Gasteiger charge is -2.17. The summed E-state index contributed by atoms with van der Waals surface area (Å²) in [5.74, 6) is 0.385. The number of benzene rings is 1. The topological polar surface area (TPSA) is 148 Å². The van der Waals surface area contributed by atoms with E-state index in [1.165, 1.54) is 22.2 Å². The number of ether oxygens (including phenoxy) is 2. The summed E-state index contributed by atoms with van der Waals surface area (Å²) >= 11 is 7.62. The van der Waals surface area contributed by atoms with Gasteiger partial charge in [-0.3, -0.25) is 4.57 Å². The molecule has 1 aromatic carbocycles. The van der Waals surface area contributed by atoms with E-state index in [4.69, 9.17) is 21.1 Å². The van der Waals surface area contributed by atoms with Gasteiger partial charge in [0.1, 0.15) is 24.9 Å². The van der Waals surface area contributed by atoms with E-state index >= 15 is 0 Å². The Balaban J connectivity index is 1.34. The Hall–Kier alpha value is -2.61. The van der Waals surface area contributed by atoms with E-state index in [-0.39, 0.29) is 11.3 Å². The lowest BCUT2D eigenvalue weighted by Crippen LogP contribution is -2.33. The summed E-state index contributed by atoms with van der Waals surface area (Å²) in [4.78, 5) is 17.3. The van der Waals surface area contributed by atoms with Crippen LogP contribution in [-0.2, 0) is 4.74 Å². The van der Waals surface area contributed by atoms with E-state index in [1.54, 1.807) is 0 Å². The summed E-state index contributed by atoms with van der Waals surface area (Å²) in [6, 6.07) is 7.63. The Kier molecular flexibility index (Phi) is 6.03. The molecule has 5 rings (SSSR count). The van der Waals surface area contributed by atoms with Gasteiger partial charge in [0.05, 0.1) is 29.2 Å². The molecule has 4 aromatic rings. The highest BCUT2D eigenvalue weighted by Crippen LogP contribution is 2.33. The largest absolute Gasteiger partial charge is 0.468 e. The van der Waals surface area contributed by atoms with Crippen molar-refractivity contribution in [1.29, 1.82) is 0 Å². The van der Waals surface area contributed by atoms with Gasteiger partial charge in [0.2, 0.25) is 5.28 Å². The number of anilines is 1. The maximum Gasteiger partial charge on any atom is 0.274 e. The quantitative estimate of drug-likeness (QED) is 0.280. The van der Waals surface area contributed by atoms with Crippen molar-refractivity contribution in [2.75, 3.05) is 18.5 Å². The van der Waals surface area contributed by atoms with Crippen LogP contribution in [0.2, 0.25) is 5.28 Å². The lowest BCUT2D eigenvalue weighted by molar-refractivity contribution is -0.0511. The number of nitrogens with zero attached hydrogens (tertiary/aromatic N) is 5. The van der Waals surface area contributed by atoms with E-state index in [0.717, 1.165) is 10.2 Å². The molecule has 1 aliphatic heterocycles. The molecule has 13 heteroatoms. The van der Waals surface area contributed by atoms with Crippen molar-refractivity contribution in [3.8, 4) is 5.19 Å². The number of fused-ring (bicyclic) bond motifs is 2. The fraction of sp³-hybridized carbons (Fsp3) is 0.400. The van der Waals surface area contributed by atoms with Gasteiger partial charge in [-0.15, -0.1) is 0 Å². The van der Waals surface area contributed by atoms with E-state index < -0.39 is 31.1 Å². The molecule has 0 bridgehead atoms. The molecule has 1 saturated heterocycles. The minimum absolute atomic E-state index is 0.0298. The Labute approximate surface area is 196 Å². The number of para-hydroxylation sites is 1. The summed E-state index contributed by atoms with van der Waals surface area (Å²) < 4.78 is 13.9. The summed E-state index contributed by atoms with van der Waals surface area (Å²) in [6.45, 7) is 1.80. The maximum atomic E-state index is 10.4. The Morgan fingerprint density at radius 1 is 1.24 bits per heavy atom. The van der Waals surface area contributed by atoms with Crippen LogP contribution >= 0.6 is 22.9 Å². The smallest absolute Gasteiger partial charge is 0.274 e. The predicted octanol–water partition coefficient (Wildman–Crippen LogP) is 1.58. The van der Waals surface area contributed by atoms with Crippen LogP contribution in [-0.4, -0.2) is 77.4 Å². The Morgan fingerprint density at radius 3 is 2.82 bits per heavy atom. The number of imidazole rings is 1. The van der Waals surface area contributed by atoms with Crippen molar-refractivity contribution in [3.63, 3.8) is 0 Å². The third-order valence-electron chi connectivity index (χ3n) is 5.30. The molecule has 11 nitrogen and oxygen atoms in total. The third kappa shape index (κ3) is 4.21. The Morgan fingerprint density at radius 2 is 2.06 bits per heavy atom. The SMILES string of the molecule is CC(COc1nc2ccccc2s1)Nc1nc(Cl)nc2c1ncn2[C@@H]1O[C@H](CO)C(O)C1O. The molecule has 1 fully saturated rings. The number of rotatable bonds is 7. The van der Waals surface area contributed by atoms with Gasteiger partial charge in [0, 0.05) is 0 Å². The fourth-order valence-electron chi connectivity index (χ4n) is 3.67. The van der Waals surface area contributed by atoms with Gasteiger partial charge in [-0.05, 0) is 30.7 Å². The first-order chi connectivity index (χ1) is 15.9. The zero-order chi connectivity index (χ0) is 23.1. The average Bonchev–Trinajstić information content (AvgIpc) is 3.48. The number of halogens is 1. The first-order valence-electron chi connectivity index (χ1n) is 10.2. The van der Waals surface area contributed by atoms with Gasteiger partial charge in [-0.25, -0.2) is 9.97 Å². The Bertz CT molecular complexity index is 1250. The number of hydrogen-bond acceptors (Lipinski definition) is 11. The van der Waals surface area contributed by atoms with Crippen molar-refractivity contribution in [3.05, 3.63) is 35.9 Å². The molecule has 0 amide bonds. The van der Waals surface area contributed by atoms with Crippen LogP contribution in [0.1, 0.15) is 13.2 Å². The monoisotopic (exact) mass is 492 g/mol. The summed E-state index contributed by atoms with van der Waals surface area (Å²) in [6.07, 6.45) is -3.00. The molecule has 3 unspecified atom stereocenters. The minimum Gasteiger partial charge on any atom is -0.468 e. The number of aliphatic hydroxyl groups excluding tert-OH is 3. The number of hydrogen-bond donors (Lipinski definition) is 4. The third-order valence-corrected chi connectivity index (χ3v) is 6.42. The maximum absolute atomic E-state index is 10.4. The van der Waals surface area contributed by atoms with E-state index in [1.807, 2.05) is 31.2 Å². The molecule has 1 aliphatic rings. The predicted molar refractivity (Wildman–Crippen MR) is 122 cm³/mol. The number of nitrogens with one attached hydrogen (secondary N) is 1. The second-order valence-corrected chi connectivity index (χ2v) is 9.03. The van der Waals surface area contributed by atoms with Gasteiger partial charge < -0.3 is 30.1 Å². The van der Waals surface area contributed by atoms with Crippen molar-refractivity contribution in [2.24, 2.45) is 0 Å². The zero-order valence-corrected chi connectivity index (χ0v) is 18.9. The lowest BCUT2D eigenvalue weighted by atomic mass is 10.1. The van der Waals surface area contributed by atoms with Crippen molar-refractivity contribution in [1.82, 2.24) is 24.5 Å². The van der Waals surface area contributed by atoms with E-state index in [9.17, 15) is 15.3 Å². The molecule has 4 N–H and O–H groups in total. The molecule has 0 spiro atoms. The van der Waals surface area contributed by atoms with Crippen molar-refractivity contribution < 1.29 is 24.8 Å². The van der Waals surface area contributed by atoms with Gasteiger partial charge in [0.15, 0.2) is 23.2 Å². The van der Waals surface area contributed by atoms with Gasteiger partial charge >= 0.3 is 0 Å². The first kappa shape index (κ1) is 22.2. The van der Waals surface area contributed by atoms with Crippen LogP contribution in [0.5, 0.6) is 5.19 Å². The molecule has 5 atom stereocenters. The normalized spacial score (nSPS) is 23.9.